The molecule has 1 amide bonds. The van der Waals surface area contributed by atoms with Gasteiger partial charge in [-0.2, -0.15) is 4.98 Å². The number of pyridine rings is 2. The zero-order valence-corrected chi connectivity index (χ0v) is 15.2. The summed E-state index contributed by atoms with van der Waals surface area (Å²) >= 11 is 0. The van der Waals surface area contributed by atoms with Gasteiger partial charge in [-0.3, -0.25) is 9.78 Å². The molecule has 4 heterocycles. The van der Waals surface area contributed by atoms with Crippen molar-refractivity contribution in [2.45, 2.75) is 25.7 Å². The summed E-state index contributed by atoms with van der Waals surface area (Å²) in [6, 6.07) is 8.25. The first-order valence-corrected chi connectivity index (χ1v) is 9.40. The van der Waals surface area contributed by atoms with Crippen molar-refractivity contribution in [2.24, 2.45) is 5.92 Å². The van der Waals surface area contributed by atoms with E-state index in [0.717, 1.165) is 37.9 Å². The molecule has 1 aliphatic heterocycles. The van der Waals surface area contributed by atoms with E-state index in [2.05, 4.69) is 25.2 Å². The first-order valence-electron chi connectivity index (χ1n) is 9.40. The van der Waals surface area contributed by atoms with E-state index in [0.29, 0.717) is 36.1 Å². The molecule has 4 rings (SSSR count). The molecule has 3 aromatic heterocycles. The largest absolute Gasteiger partial charge is 0.422 e. The monoisotopic (exact) mass is 365 g/mol. The molecule has 0 radical (unpaired) electrons. The Kier molecular flexibility index (Phi) is 5.27. The Labute approximate surface area is 157 Å². The lowest BCUT2D eigenvalue weighted by molar-refractivity contribution is -0.122. The highest BCUT2D eigenvalue weighted by atomic mass is 16.4. The molecule has 7 nitrogen and oxygen atoms in total. The first kappa shape index (κ1) is 17.5. The second kappa shape index (κ2) is 8.16. The molecule has 0 bridgehead atoms. The van der Waals surface area contributed by atoms with E-state index in [-0.39, 0.29) is 5.91 Å². The van der Waals surface area contributed by atoms with Gasteiger partial charge < -0.3 is 14.6 Å². The predicted octanol–water partition coefficient (Wildman–Crippen LogP) is 2.58. The highest BCUT2D eigenvalue weighted by Crippen LogP contribution is 2.26. The van der Waals surface area contributed by atoms with Crippen molar-refractivity contribution in [3.63, 3.8) is 0 Å². The molecule has 0 spiro atoms. The van der Waals surface area contributed by atoms with Gasteiger partial charge >= 0.3 is 0 Å². The standard InChI is InChI=1S/C20H23N5O2/c26-18(22-10-7-15-4-1-8-21-13-15)12-16-5-3-11-25(14-16)20-24-19-17(27-20)6-2-9-23-19/h1-2,4,6,8-9,13,16H,3,5,7,10-12,14H2,(H,22,26). The number of nitrogens with one attached hydrogen (secondary N) is 1. The number of rotatable bonds is 6. The second-order valence-corrected chi connectivity index (χ2v) is 6.94. The van der Waals surface area contributed by atoms with Crippen LogP contribution in [0.15, 0.2) is 47.3 Å². The number of carbonyl (C=O) groups excluding carboxylic acids is 1. The van der Waals surface area contributed by atoms with Gasteiger partial charge in [0.1, 0.15) is 0 Å². The average molecular weight is 365 g/mol. The number of aromatic nitrogens is 3. The van der Waals surface area contributed by atoms with E-state index in [1.54, 1.807) is 12.4 Å². The lowest BCUT2D eigenvalue weighted by Crippen LogP contribution is -2.38. The van der Waals surface area contributed by atoms with Crippen LogP contribution in [-0.2, 0) is 11.2 Å². The number of piperidine rings is 1. The SMILES string of the molecule is O=C(CC1CCCN(c2nc3ncccc3o2)C1)NCCc1cccnc1. The van der Waals surface area contributed by atoms with E-state index >= 15 is 0 Å². The summed E-state index contributed by atoms with van der Waals surface area (Å²) in [6.45, 7) is 2.31. The van der Waals surface area contributed by atoms with Crippen LogP contribution in [0.25, 0.3) is 11.2 Å². The fourth-order valence-corrected chi connectivity index (χ4v) is 3.52. The van der Waals surface area contributed by atoms with E-state index in [9.17, 15) is 4.79 Å². The number of nitrogens with zero attached hydrogens (tertiary/aromatic N) is 4. The maximum atomic E-state index is 12.3. The molecule has 1 N–H and O–H groups in total. The predicted molar refractivity (Wildman–Crippen MR) is 102 cm³/mol. The number of fused-ring (bicyclic) bond motifs is 1. The number of oxazole rings is 1. The molecule has 0 aliphatic carbocycles. The molecule has 7 heteroatoms. The number of amides is 1. The van der Waals surface area contributed by atoms with E-state index in [1.165, 1.54) is 0 Å². The van der Waals surface area contributed by atoms with E-state index < -0.39 is 0 Å². The van der Waals surface area contributed by atoms with Crippen molar-refractivity contribution in [3.8, 4) is 0 Å². The van der Waals surface area contributed by atoms with Gasteiger partial charge in [0.15, 0.2) is 5.58 Å². The topological polar surface area (TPSA) is 84.2 Å². The Morgan fingerprint density at radius 3 is 3.07 bits per heavy atom. The zero-order valence-electron chi connectivity index (χ0n) is 15.2. The summed E-state index contributed by atoms with van der Waals surface area (Å²) in [5, 5.41) is 3.02. The number of anilines is 1. The first-order chi connectivity index (χ1) is 13.3. The van der Waals surface area contributed by atoms with E-state index in [4.69, 9.17) is 4.42 Å². The molecular formula is C20H23N5O2. The third-order valence-electron chi connectivity index (χ3n) is 4.88. The number of carbonyl (C=O) groups is 1. The number of hydrogen-bond acceptors (Lipinski definition) is 6. The second-order valence-electron chi connectivity index (χ2n) is 6.94. The van der Waals surface area contributed by atoms with Crippen molar-refractivity contribution in [1.29, 1.82) is 0 Å². The van der Waals surface area contributed by atoms with Crippen LogP contribution in [0.1, 0.15) is 24.8 Å². The van der Waals surface area contributed by atoms with Crippen LogP contribution in [0, 0.1) is 5.92 Å². The molecule has 0 aromatic carbocycles. The van der Waals surface area contributed by atoms with Crippen LogP contribution in [0.2, 0.25) is 0 Å². The Morgan fingerprint density at radius 2 is 2.22 bits per heavy atom. The normalized spacial score (nSPS) is 17.2. The maximum Gasteiger partial charge on any atom is 0.299 e. The van der Waals surface area contributed by atoms with Gasteiger partial charge in [0.25, 0.3) is 6.01 Å². The number of hydrogen-bond donors (Lipinski definition) is 1. The summed E-state index contributed by atoms with van der Waals surface area (Å²) in [5.74, 6) is 0.407. The van der Waals surface area contributed by atoms with Gasteiger partial charge in [-0.25, -0.2) is 4.98 Å². The highest BCUT2D eigenvalue weighted by molar-refractivity contribution is 5.76. The highest BCUT2D eigenvalue weighted by Gasteiger charge is 2.25. The van der Waals surface area contributed by atoms with Crippen LogP contribution < -0.4 is 10.2 Å². The maximum absolute atomic E-state index is 12.3. The Morgan fingerprint density at radius 1 is 1.30 bits per heavy atom. The summed E-state index contributed by atoms with van der Waals surface area (Å²) < 4.78 is 5.82. The van der Waals surface area contributed by atoms with Gasteiger partial charge in [-0.1, -0.05) is 6.07 Å². The van der Waals surface area contributed by atoms with Crippen LogP contribution in [0.4, 0.5) is 6.01 Å². The molecule has 27 heavy (non-hydrogen) atoms. The van der Waals surface area contributed by atoms with E-state index in [1.807, 2.05) is 30.5 Å². The minimum absolute atomic E-state index is 0.102. The Balaban J connectivity index is 1.28. The van der Waals surface area contributed by atoms with Gasteiger partial charge in [0.2, 0.25) is 11.6 Å². The van der Waals surface area contributed by atoms with Crippen molar-refractivity contribution >= 4 is 23.2 Å². The van der Waals surface area contributed by atoms with Crippen LogP contribution in [0.5, 0.6) is 0 Å². The summed E-state index contributed by atoms with van der Waals surface area (Å²) in [4.78, 5) is 27.2. The van der Waals surface area contributed by atoms with Crippen molar-refractivity contribution in [2.75, 3.05) is 24.5 Å². The fraction of sp³-hybridized carbons (Fsp3) is 0.400. The van der Waals surface area contributed by atoms with Crippen LogP contribution >= 0.6 is 0 Å². The van der Waals surface area contributed by atoms with Crippen LogP contribution in [0.3, 0.4) is 0 Å². The molecule has 1 aliphatic rings. The van der Waals surface area contributed by atoms with Gasteiger partial charge in [-0.05, 0) is 48.9 Å². The fourth-order valence-electron chi connectivity index (χ4n) is 3.52. The molecule has 3 aromatic rings. The molecular weight excluding hydrogens is 342 g/mol. The van der Waals surface area contributed by atoms with Crippen molar-refractivity contribution < 1.29 is 9.21 Å². The smallest absolute Gasteiger partial charge is 0.299 e. The van der Waals surface area contributed by atoms with Crippen molar-refractivity contribution in [1.82, 2.24) is 20.3 Å². The Bertz CT molecular complexity index is 863. The van der Waals surface area contributed by atoms with Crippen molar-refractivity contribution in [3.05, 3.63) is 48.4 Å². The Hall–Kier alpha value is -2.96. The quantitative estimate of drug-likeness (QED) is 0.723. The average Bonchev–Trinajstić information content (AvgIpc) is 3.13. The lowest BCUT2D eigenvalue weighted by Gasteiger charge is -2.31. The molecule has 1 unspecified atom stereocenters. The molecule has 1 fully saturated rings. The summed E-state index contributed by atoms with van der Waals surface area (Å²) in [7, 11) is 0. The minimum Gasteiger partial charge on any atom is -0.422 e. The lowest BCUT2D eigenvalue weighted by atomic mass is 9.94. The third kappa shape index (κ3) is 4.42. The van der Waals surface area contributed by atoms with Gasteiger partial charge in [-0.15, -0.1) is 0 Å². The summed E-state index contributed by atoms with van der Waals surface area (Å²) in [6.07, 6.45) is 8.70. The third-order valence-corrected chi connectivity index (χ3v) is 4.88. The van der Waals surface area contributed by atoms with Crippen LogP contribution in [-0.4, -0.2) is 40.5 Å². The molecule has 1 saturated heterocycles. The molecule has 140 valence electrons. The zero-order chi connectivity index (χ0) is 18.5. The minimum atomic E-state index is 0.102. The van der Waals surface area contributed by atoms with Gasteiger partial charge in [0, 0.05) is 44.6 Å². The molecule has 1 atom stereocenters. The van der Waals surface area contributed by atoms with Gasteiger partial charge in [0.05, 0.1) is 0 Å². The molecule has 0 saturated carbocycles. The summed E-state index contributed by atoms with van der Waals surface area (Å²) in [5.41, 5.74) is 2.46.